The van der Waals surface area contributed by atoms with Gasteiger partial charge in [0.25, 0.3) is 0 Å². The van der Waals surface area contributed by atoms with E-state index >= 15 is 0 Å². The third kappa shape index (κ3) is 29.2. The highest BCUT2D eigenvalue weighted by molar-refractivity contribution is 4.75. The van der Waals surface area contributed by atoms with Gasteiger partial charge in [0.15, 0.2) is 0 Å². The van der Waals surface area contributed by atoms with Gasteiger partial charge in [-0.1, -0.05) is 117 Å². The molecule has 0 rings (SSSR count). The van der Waals surface area contributed by atoms with Crippen molar-refractivity contribution in [2.24, 2.45) is 0 Å². The van der Waals surface area contributed by atoms with Crippen molar-refractivity contribution < 1.29 is 15.3 Å². The minimum Gasteiger partial charge on any atom is -0.390 e. The summed E-state index contributed by atoms with van der Waals surface area (Å²) in [5.74, 6) is 0. The van der Waals surface area contributed by atoms with Crippen LogP contribution in [-0.4, -0.2) is 97.4 Å². The zero-order valence-electron chi connectivity index (χ0n) is 27.1. The summed E-state index contributed by atoms with van der Waals surface area (Å²) in [6, 6.07) is 0. The minimum atomic E-state index is -0.522. The molecular weight excluding hydrogens is 500 g/mol. The topological polar surface area (TPSA) is 100 Å². The van der Waals surface area contributed by atoms with Gasteiger partial charge in [-0.15, -0.1) is 0 Å². The molecule has 0 aliphatic carbocycles. The summed E-state index contributed by atoms with van der Waals surface area (Å²) in [5.41, 5.74) is 0. The maximum absolute atomic E-state index is 10.7. The Bertz CT molecular complexity index is 420. The highest BCUT2D eigenvalue weighted by Crippen LogP contribution is 2.06. The molecular formula is C33H72N4O3. The highest BCUT2D eigenvalue weighted by Gasteiger charge is 2.19. The molecule has 7 heteroatoms. The Kier molecular flexibility index (Phi) is 31.4. The molecule has 6 N–H and O–H groups in total. The molecule has 0 aromatic rings. The van der Waals surface area contributed by atoms with Crippen molar-refractivity contribution in [3.63, 3.8) is 0 Å². The van der Waals surface area contributed by atoms with Gasteiger partial charge in [-0.05, 0) is 38.9 Å². The first-order valence-corrected chi connectivity index (χ1v) is 17.4. The number of aliphatic hydroxyl groups excluding tert-OH is 3. The van der Waals surface area contributed by atoms with Crippen LogP contribution < -0.4 is 16.0 Å². The lowest BCUT2D eigenvalue weighted by Gasteiger charge is -2.29. The van der Waals surface area contributed by atoms with Crippen LogP contribution in [0, 0.1) is 0 Å². The molecule has 0 amide bonds. The second-order valence-corrected chi connectivity index (χ2v) is 12.1. The van der Waals surface area contributed by atoms with Gasteiger partial charge in [-0.25, -0.2) is 0 Å². The van der Waals surface area contributed by atoms with Crippen molar-refractivity contribution >= 4 is 0 Å². The van der Waals surface area contributed by atoms with E-state index in [1.165, 1.54) is 96.3 Å². The van der Waals surface area contributed by atoms with E-state index in [1.54, 1.807) is 0 Å². The predicted molar refractivity (Wildman–Crippen MR) is 173 cm³/mol. The molecule has 0 aliphatic heterocycles. The molecule has 0 aromatic heterocycles. The Hall–Kier alpha value is -0.280. The number of hydrogen-bond donors (Lipinski definition) is 6. The second-order valence-electron chi connectivity index (χ2n) is 12.1. The van der Waals surface area contributed by atoms with Crippen molar-refractivity contribution in [3.05, 3.63) is 0 Å². The molecule has 0 aliphatic rings. The van der Waals surface area contributed by atoms with Crippen LogP contribution in [0.2, 0.25) is 0 Å². The van der Waals surface area contributed by atoms with Crippen molar-refractivity contribution in [2.45, 2.75) is 155 Å². The van der Waals surface area contributed by atoms with E-state index < -0.39 is 18.3 Å². The molecule has 40 heavy (non-hydrogen) atoms. The lowest BCUT2D eigenvalue weighted by atomic mass is 10.1. The van der Waals surface area contributed by atoms with Crippen LogP contribution in [0.25, 0.3) is 0 Å². The first kappa shape index (κ1) is 39.7. The standard InChI is InChI=1S/C33H72N4O3/c1-4-7-10-13-16-19-22-34-25-31(38)28-37(29-32(39)26-35-23-20-17-14-11-8-5-2)30-33(40)27-36-24-21-18-15-12-9-6-3/h31-36,38-40H,4-30H2,1-3H3. The smallest absolute Gasteiger partial charge is 0.0791 e. The molecule has 242 valence electrons. The average Bonchev–Trinajstić information content (AvgIpc) is 2.93. The Labute approximate surface area is 249 Å². The van der Waals surface area contributed by atoms with E-state index in [1.807, 2.05) is 4.90 Å². The molecule has 0 saturated carbocycles. The number of nitrogens with zero attached hydrogens (tertiary/aromatic N) is 1. The largest absolute Gasteiger partial charge is 0.390 e. The van der Waals surface area contributed by atoms with Crippen molar-refractivity contribution in [1.29, 1.82) is 0 Å². The lowest BCUT2D eigenvalue weighted by molar-refractivity contribution is 0.0385. The minimum absolute atomic E-state index is 0.451. The van der Waals surface area contributed by atoms with Crippen LogP contribution >= 0.6 is 0 Å². The van der Waals surface area contributed by atoms with E-state index in [4.69, 9.17) is 0 Å². The Balaban J connectivity index is 4.36. The quantitative estimate of drug-likeness (QED) is 0.0600. The summed E-state index contributed by atoms with van der Waals surface area (Å²) >= 11 is 0. The van der Waals surface area contributed by atoms with E-state index in [9.17, 15) is 15.3 Å². The summed E-state index contributed by atoms with van der Waals surface area (Å²) in [6.07, 6.45) is 21.2. The fourth-order valence-corrected chi connectivity index (χ4v) is 5.21. The molecule has 0 radical (unpaired) electrons. The Morgan fingerprint density at radius 1 is 0.400 bits per heavy atom. The average molecular weight is 573 g/mol. The van der Waals surface area contributed by atoms with Crippen LogP contribution in [0.4, 0.5) is 0 Å². The normalized spacial score (nSPS) is 14.2. The molecule has 3 unspecified atom stereocenters. The van der Waals surface area contributed by atoms with Gasteiger partial charge in [-0.3, -0.25) is 4.90 Å². The first-order valence-electron chi connectivity index (χ1n) is 17.4. The monoisotopic (exact) mass is 573 g/mol. The number of nitrogens with one attached hydrogen (secondary N) is 3. The maximum atomic E-state index is 10.7. The molecule has 7 nitrogen and oxygen atoms in total. The molecule has 0 spiro atoms. The highest BCUT2D eigenvalue weighted by atomic mass is 16.3. The third-order valence-electron chi connectivity index (χ3n) is 7.67. The summed E-state index contributed by atoms with van der Waals surface area (Å²) in [5, 5.41) is 42.3. The Morgan fingerprint density at radius 3 is 0.925 bits per heavy atom. The summed E-state index contributed by atoms with van der Waals surface area (Å²) < 4.78 is 0. The number of unbranched alkanes of at least 4 members (excludes halogenated alkanes) is 15. The van der Waals surface area contributed by atoms with Gasteiger partial charge in [-0.2, -0.15) is 0 Å². The zero-order valence-corrected chi connectivity index (χ0v) is 27.1. The third-order valence-corrected chi connectivity index (χ3v) is 7.67. The first-order chi connectivity index (χ1) is 19.5. The molecule has 0 saturated heterocycles. The number of rotatable bonds is 33. The second kappa shape index (κ2) is 31.7. The van der Waals surface area contributed by atoms with Gasteiger partial charge in [0.2, 0.25) is 0 Å². The molecule has 0 heterocycles. The van der Waals surface area contributed by atoms with Gasteiger partial charge >= 0.3 is 0 Å². The van der Waals surface area contributed by atoms with Crippen molar-refractivity contribution in [1.82, 2.24) is 20.9 Å². The van der Waals surface area contributed by atoms with E-state index in [0.29, 0.717) is 39.3 Å². The van der Waals surface area contributed by atoms with Gasteiger partial charge < -0.3 is 31.3 Å². The fraction of sp³-hybridized carbons (Fsp3) is 1.00. The van der Waals surface area contributed by atoms with E-state index in [-0.39, 0.29) is 0 Å². The van der Waals surface area contributed by atoms with Crippen LogP contribution in [-0.2, 0) is 0 Å². The van der Waals surface area contributed by atoms with Crippen LogP contribution in [0.3, 0.4) is 0 Å². The number of hydrogen-bond acceptors (Lipinski definition) is 7. The molecule has 3 atom stereocenters. The van der Waals surface area contributed by atoms with Crippen LogP contribution in [0.15, 0.2) is 0 Å². The van der Waals surface area contributed by atoms with Crippen molar-refractivity contribution in [2.75, 3.05) is 58.9 Å². The van der Waals surface area contributed by atoms with Crippen LogP contribution in [0.5, 0.6) is 0 Å². The summed E-state index contributed by atoms with van der Waals surface area (Å²) in [7, 11) is 0. The van der Waals surface area contributed by atoms with Gasteiger partial charge in [0, 0.05) is 39.3 Å². The SMILES string of the molecule is CCCCCCCCNCC(O)CN(CC(O)CNCCCCCCCC)CC(O)CNCCCCCCCC. The lowest BCUT2D eigenvalue weighted by Crippen LogP contribution is -2.48. The number of aliphatic hydroxyl groups is 3. The van der Waals surface area contributed by atoms with E-state index in [2.05, 4.69) is 36.7 Å². The van der Waals surface area contributed by atoms with Crippen molar-refractivity contribution in [3.8, 4) is 0 Å². The van der Waals surface area contributed by atoms with Gasteiger partial charge in [0.1, 0.15) is 0 Å². The molecule has 0 fully saturated rings. The van der Waals surface area contributed by atoms with Gasteiger partial charge in [0.05, 0.1) is 18.3 Å². The summed E-state index contributed by atoms with van der Waals surface area (Å²) in [6.45, 7) is 12.5. The molecule has 0 bridgehead atoms. The summed E-state index contributed by atoms with van der Waals surface area (Å²) in [4.78, 5) is 2.03. The Morgan fingerprint density at radius 2 is 0.650 bits per heavy atom. The zero-order chi connectivity index (χ0) is 29.5. The fourth-order valence-electron chi connectivity index (χ4n) is 5.21. The van der Waals surface area contributed by atoms with E-state index in [0.717, 1.165) is 38.9 Å². The maximum Gasteiger partial charge on any atom is 0.0791 e. The molecule has 0 aromatic carbocycles. The predicted octanol–water partition coefficient (Wildman–Crippen LogP) is 5.22. The van der Waals surface area contributed by atoms with Crippen LogP contribution in [0.1, 0.15) is 136 Å².